The summed E-state index contributed by atoms with van der Waals surface area (Å²) in [5, 5.41) is 11.7. The minimum Gasteiger partial charge on any atom is -0.545 e. The van der Waals surface area contributed by atoms with Gasteiger partial charge in [-0.25, -0.2) is 0 Å². The highest BCUT2D eigenvalue weighted by atomic mass is 16.7. The normalized spacial score (nSPS) is 13.4. The number of carboxylic acid groups (broad SMARTS) is 1. The van der Waals surface area contributed by atoms with Gasteiger partial charge < -0.3 is 33.3 Å². The number of carboxylic acids is 1. The highest BCUT2D eigenvalue weighted by Gasteiger charge is 2.21. The maximum Gasteiger partial charge on any atom is 0.306 e. The minimum atomic E-state index is -1.63. The Morgan fingerprint density at radius 1 is 0.525 bits per heavy atom. The lowest BCUT2D eigenvalue weighted by molar-refractivity contribution is -0.870. The zero-order chi connectivity index (χ0) is 43.5. The number of esters is 2. The Hall–Kier alpha value is -3.01. The van der Waals surface area contributed by atoms with Crippen molar-refractivity contribution in [2.75, 3.05) is 47.5 Å². The van der Waals surface area contributed by atoms with E-state index in [4.69, 9.17) is 18.9 Å². The molecule has 0 aliphatic carbocycles. The number of unbranched alkanes of at least 4 members (excludes halogenated alkanes) is 17. The smallest absolute Gasteiger partial charge is 0.306 e. The summed E-state index contributed by atoms with van der Waals surface area (Å²) in [6.07, 6.45) is 46.8. The predicted octanol–water partition coefficient (Wildman–Crippen LogP) is 11.2. The summed E-state index contributed by atoms with van der Waals surface area (Å²) in [6, 6.07) is 0. The van der Waals surface area contributed by atoms with Crippen LogP contribution in [0.3, 0.4) is 0 Å². The highest BCUT2D eigenvalue weighted by molar-refractivity contribution is 5.70. The van der Waals surface area contributed by atoms with Gasteiger partial charge >= 0.3 is 11.9 Å². The van der Waals surface area contributed by atoms with Gasteiger partial charge in [0.15, 0.2) is 12.4 Å². The first kappa shape index (κ1) is 56.0. The quantitative estimate of drug-likeness (QED) is 0.0197. The predicted molar refractivity (Wildman–Crippen MR) is 242 cm³/mol. The van der Waals surface area contributed by atoms with Gasteiger partial charge in [-0.1, -0.05) is 171 Å². The molecule has 9 nitrogen and oxygen atoms in total. The van der Waals surface area contributed by atoms with Crippen molar-refractivity contribution in [2.24, 2.45) is 0 Å². The molecule has 0 saturated heterocycles. The lowest BCUT2D eigenvalue weighted by Crippen LogP contribution is -2.44. The van der Waals surface area contributed by atoms with E-state index in [0.29, 0.717) is 17.4 Å². The molecule has 0 amide bonds. The van der Waals surface area contributed by atoms with E-state index in [2.05, 4.69) is 74.6 Å². The van der Waals surface area contributed by atoms with E-state index < -0.39 is 24.3 Å². The lowest BCUT2D eigenvalue weighted by atomic mass is 10.0. The number of carbonyl (C=O) groups is 3. The van der Waals surface area contributed by atoms with Gasteiger partial charge in [0.05, 0.1) is 40.3 Å². The molecule has 0 heterocycles. The molecule has 340 valence electrons. The number of aliphatic carboxylic acids is 1. The summed E-state index contributed by atoms with van der Waals surface area (Å²) in [6.45, 7) is 4.58. The monoisotopic (exact) mass is 830 g/mol. The molecule has 0 aromatic rings. The standard InChI is InChI=1S/C50H87NO8/c1-6-8-10-12-14-16-18-20-22-23-24-25-27-29-31-33-35-37-39-41-48(53)59-46(45-58-50(49(54)55)56-43-42-51(3,4)5)44-57-47(52)40-38-36-34-32-30-28-26-21-19-17-15-13-11-9-7-2/h8,10,14,16,20,22,24-25,29,31,46,50H,6-7,9,11-13,15,17-19,21,23,26-28,30,32-45H2,1-5H3/b10-8-,16-14-,22-20-,25-24-,31-29-. The molecule has 0 aliphatic heterocycles. The fraction of sp³-hybridized carbons (Fsp3) is 0.740. The minimum absolute atomic E-state index is 0.139. The Bertz CT molecular complexity index is 1150. The number of carbonyl (C=O) groups excluding carboxylic acids is 3. The van der Waals surface area contributed by atoms with Crippen LogP contribution in [0, 0.1) is 0 Å². The van der Waals surface area contributed by atoms with Gasteiger partial charge in [-0.3, -0.25) is 9.59 Å². The molecule has 9 heteroatoms. The van der Waals surface area contributed by atoms with Crippen molar-refractivity contribution in [2.45, 2.75) is 193 Å². The van der Waals surface area contributed by atoms with Crippen molar-refractivity contribution < 1.29 is 42.9 Å². The van der Waals surface area contributed by atoms with Crippen LogP contribution in [0.25, 0.3) is 0 Å². The Balaban J connectivity index is 4.48. The highest BCUT2D eigenvalue weighted by Crippen LogP contribution is 2.14. The molecule has 2 unspecified atom stereocenters. The van der Waals surface area contributed by atoms with Crippen LogP contribution in [-0.2, 0) is 33.3 Å². The SMILES string of the molecule is CC/C=C\C/C=C\C/C=C\C/C=C\C/C=C\CCCCCC(=O)OC(COC(=O)CCCCCCCCCCCCCCCCC)COC(OCC[N+](C)(C)C)C(=O)[O-]. The van der Waals surface area contributed by atoms with Crippen LogP contribution in [0.4, 0.5) is 0 Å². The van der Waals surface area contributed by atoms with Crippen molar-refractivity contribution >= 4 is 17.9 Å². The second-order valence-electron chi connectivity index (χ2n) is 16.7. The first-order valence-electron chi connectivity index (χ1n) is 23.4. The summed E-state index contributed by atoms with van der Waals surface area (Å²) in [5.74, 6) is -2.33. The molecule has 0 aromatic carbocycles. The fourth-order valence-electron chi connectivity index (χ4n) is 6.15. The first-order chi connectivity index (χ1) is 28.6. The Labute approximate surface area is 361 Å². The van der Waals surface area contributed by atoms with Gasteiger partial charge in [0, 0.05) is 12.8 Å². The second kappa shape index (κ2) is 41.7. The third-order valence-corrected chi connectivity index (χ3v) is 9.78. The van der Waals surface area contributed by atoms with E-state index in [9.17, 15) is 19.5 Å². The summed E-state index contributed by atoms with van der Waals surface area (Å²) < 4.78 is 22.5. The van der Waals surface area contributed by atoms with Crippen LogP contribution in [-0.4, -0.2) is 82.3 Å². The summed E-state index contributed by atoms with van der Waals surface area (Å²) in [5.41, 5.74) is 0. The Morgan fingerprint density at radius 2 is 0.966 bits per heavy atom. The second-order valence-corrected chi connectivity index (χ2v) is 16.7. The molecule has 59 heavy (non-hydrogen) atoms. The molecule has 0 aliphatic rings. The molecule has 0 bridgehead atoms. The van der Waals surface area contributed by atoms with Crippen molar-refractivity contribution in [3.05, 3.63) is 60.8 Å². The summed E-state index contributed by atoms with van der Waals surface area (Å²) in [4.78, 5) is 37.0. The number of hydrogen-bond acceptors (Lipinski definition) is 8. The Morgan fingerprint density at radius 3 is 1.44 bits per heavy atom. The molecule has 0 N–H and O–H groups in total. The van der Waals surface area contributed by atoms with E-state index in [1.54, 1.807) is 0 Å². The fourth-order valence-corrected chi connectivity index (χ4v) is 6.15. The zero-order valence-electron chi connectivity index (χ0n) is 38.4. The average Bonchev–Trinajstić information content (AvgIpc) is 3.19. The number of rotatable bonds is 42. The number of nitrogens with zero attached hydrogens (tertiary/aromatic N) is 1. The third-order valence-electron chi connectivity index (χ3n) is 9.78. The largest absolute Gasteiger partial charge is 0.545 e. The molecule has 0 rings (SSSR count). The van der Waals surface area contributed by atoms with Gasteiger partial charge in [0.1, 0.15) is 13.2 Å². The van der Waals surface area contributed by atoms with Crippen LogP contribution >= 0.6 is 0 Å². The third kappa shape index (κ3) is 42.9. The molecular weight excluding hydrogens is 743 g/mol. The molecule has 0 saturated carbocycles. The van der Waals surface area contributed by atoms with E-state index in [-0.39, 0.29) is 38.6 Å². The van der Waals surface area contributed by atoms with Crippen molar-refractivity contribution in [1.82, 2.24) is 0 Å². The topological polar surface area (TPSA) is 111 Å². The maximum atomic E-state index is 12.8. The number of quaternary nitrogens is 1. The van der Waals surface area contributed by atoms with E-state index in [1.807, 2.05) is 21.1 Å². The van der Waals surface area contributed by atoms with Crippen molar-refractivity contribution in [1.29, 1.82) is 0 Å². The van der Waals surface area contributed by atoms with Gasteiger partial charge in [-0.15, -0.1) is 0 Å². The molecule has 2 atom stereocenters. The van der Waals surface area contributed by atoms with Gasteiger partial charge in [0.25, 0.3) is 0 Å². The van der Waals surface area contributed by atoms with Gasteiger partial charge in [-0.05, 0) is 57.8 Å². The summed E-state index contributed by atoms with van der Waals surface area (Å²) >= 11 is 0. The van der Waals surface area contributed by atoms with Crippen molar-refractivity contribution in [3.63, 3.8) is 0 Å². The van der Waals surface area contributed by atoms with E-state index >= 15 is 0 Å². The first-order valence-corrected chi connectivity index (χ1v) is 23.4. The molecule has 0 radical (unpaired) electrons. The van der Waals surface area contributed by atoms with E-state index in [1.165, 1.54) is 77.0 Å². The zero-order valence-corrected chi connectivity index (χ0v) is 38.4. The van der Waals surface area contributed by atoms with Crippen LogP contribution < -0.4 is 5.11 Å². The number of likely N-dealkylation sites (N-methyl/N-ethyl adjacent to an activating group) is 1. The van der Waals surface area contributed by atoms with Gasteiger partial charge in [-0.2, -0.15) is 0 Å². The molecule has 0 fully saturated rings. The van der Waals surface area contributed by atoms with Crippen molar-refractivity contribution in [3.8, 4) is 0 Å². The van der Waals surface area contributed by atoms with E-state index in [0.717, 1.165) is 70.6 Å². The lowest BCUT2D eigenvalue weighted by Gasteiger charge is -2.26. The van der Waals surface area contributed by atoms with Crippen LogP contribution in [0.5, 0.6) is 0 Å². The number of hydrogen-bond donors (Lipinski definition) is 0. The molecular formula is C50H87NO8. The maximum absolute atomic E-state index is 12.8. The number of allylic oxidation sites excluding steroid dienone is 10. The molecule has 0 spiro atoms. The van der Waals surface area contributed by atoms with Crippen LogP contribution in [0.15, 0.2) is 60.8 Å². The Kier molecular flexibility index (Phi) is 39.6. The van der Waals surface area contributed by atoms with Crippen LogP contribution in [0.1, 0.15) is 181 Å². The van der Waals surface area contributed by atoms with Crippen LogP contribution in [0.2, 0.25) is 0 Å². The molecule has 0 aromatic heterocycles. The van der Waals surface area contributed by atoms with Gasteiger partial charge in [0.2, 0.25) is 0 Å². The number of ether oxygens (including phenoxy) is 4. The average molecular weight is 830 g/mol. The summed E-state index contributed by atoms with van der Waals surface area (Å²) in [7, 11) is 5.89.